The standard InChI is InChI=1S/C9H10N2O3/c12-7-4-10-9(5-1-2-5)11-6(7)3-8(13)14/h4-5,12H,1-3H2,(H,13,14). The molecule has 0 unspecified atom stereocenters. The van der Waals surface area contributed by atoms with Gasteiger partial charge in [0.2, 0.25) is 0 Å². The van der Waals surface area contributed by atoms with Crippen molar-refractivity contribution in [3.63, 3.8) is 0 Å². The van der Waals surface area contributed by atoms with Gasteiger partial charge in [-0.3, -0.25) is 4.79 Å². The first kappa shape index (κ1) is 8.93. The van der Waals surface area contributed by atoms with Crippen molar-refractivity contribution >= 4 is 5.97 Å². The summed E-state index contributed by atoms with van der Waals surface area (Å²) in [4.78, 5) is 18.4. The largest absolute Gasteiger partial charge is 0.504 e. The molecule has 0 spiro atoms. The van der Waals surface area contributed by atoms with Crippen LogP contribution in [-0.2, 0) is 11.2 Å². The minimum atomic E-state index is -0.999. The summed E-state index contributed by atoms with van der Waals surface area (Å²) in [5, 5.41) is 17.9. The average molecular weight is 194 g/mol. The second-order valence-electron chi connectivity index (χ2n) is 3.40. The van der Waals surface area contributed by atoms with Crippen molar-refractivity contribution < 1.29 is 15.0 Å². The van der Waals surface area contributed by atoms with E-state index in [2.05, 4.69) is 9.97 Å². The molecular formula is C9H10N2O3. The maximum absolute atomic E-state index is 10.4. The lowest BCUT2D eigenvalue weighted by Crippen LogP contribution is -2.05. The van der Waals surface area contributed by atoms with Crippen LogP contribution in [-0.4, -0.2) is 26.2 Å². The Balaban J connectivity index is 2.26. The lowest BCUT2D eigenvalue weighted by molar-refractivity contribution is -0.136. The number of hydrogen-bond donors (Lipinski definition) is 2. The minimum absolute atomic E-state index is 0.142. The van der Waals surface area contributed by atoms with Crippen LogP contribution in [0.5, 0.6) is 5.75 Å². The first-order chi connectivity index (χ1) is 6.66. The van der Waals surface area contributed by atoms with Crippen LogP contribution in [0.2, 0.25) is 0 Å². The summed E-state index contributed by atoms with van der Waals surface area (Å²) in [6.45, 7) is 0. The molecule has 1 aliphatic carbocycles. The van der Waals surface area contributed by atoms with E-state index in [1.807, 2.05) is 0 Å². The number of carboxylic acids is 1. The molecule has 5 nitrogen and oxygen atoms in total. The summed E-state index contributed by atoms with van der Waals surface area (Å²) < 4.78 is 0. The van der Waals surface area contributed by atoms with Gasteiger partial charge in [-0.05, 0) is 12.8 Å². The molecule has 14 heavy (non-hydrogen) atoms. The zero-order valence-electron chi connectivity index (χ0n) is 7.47. The van der Waals surface area contributed by atoms with Gasteiger partial charge in [-0.1, -0.05) is 0 Å². The van der Waals surface area contributed by atoms with Gasteiger partial charge in [0.25, 0.3) is 0 Å². The molecule has 1 heterocycles. The second kappa shape index (κ2) is 3.25. The number of carboxylic acid groups (broad SMARTS) is 1. The molecule has 1 saturated carbocycles. The molecule has 5 heteroatoms. The van der Waals surface area contributed by atoms with E-state index in [1.54, 1.807) is 0 Å². The monoisotopic (exact) mass is 194 g/mol. The third-order valence-corrected chi connectivity index (χ3v) is 2.13. The summed E-state index contributed by atoms with van der Waals surface area (Å²) in [7, 11) is 0. The molecule has 0 saturated heterocycles. The summed E-state index contributed by atoms with van der Waals surface area (Å²) in [5.74, 6) is -0.125. The molecule has 1 aromatic heterocycles. The fourth-order valence-corrected chi connectivity index (χ4v) is 1.24. The molecule has 74 valence electrons. The van der Waals surface area contributed by atoms with Gasteiger partial charge in [0.1, 0.15) is 5.82 Å². The Hall–Kier alpha value is -1.65. The van der Waals surface area contributed by atoms with E-state index in [1.165, 1.54) is 6.20 Å². The van der Waals surface area contributed by atoms with Crippen molar-refractivity contribution in [1.29, 1.82) is 0 Å². The summed E-state index contributed by atoms with van der Waals surface area (Å²) in [6.07, 6.45) is 3.13. The molecule has 1 aliphatic rings. The predicted octanol–water partition coefficient (Wildman–Crippen LogP) is 0.687. The van der Waals surface area contributed by atoms with E-state index in [9.17, 15) is 9.90 Å². The van der Waals surface area contributed by atoms with Crippen LogP contribution in [0.3, 0.4) is 0 Å². The maximum atomic E-state index is 10.4. The Labute approximate surface area is 80.4 Å². The zero-order valence-corrected chi connectivity index (χ0v) is 7.47. The molecule has 2 N–H and O–H groups in total. The molecule has 0 amide bonds. The highest BCUT2D eigenvalue weighted by molar-refractivity contribution is 5.70. The highest BCUT2D eigenvalue weighted by atomic mass is 16.4. The molecule has 0 aromatic carbocycles. The van der Waals surface area contributed by atoms with Crippen molar-refractivity contribution in [1.82, 2.24) is 9.97 Å². The number of aliphatic carboxylic acids is 1. The number of hydrogen-bond acceptors (Lipinski definition) is 4. The fraction of sp³-hybridized carbons (Fsp3) is 0.444. The van der Waals surface area contributed by atoms with Crippen molar-refractivity contribution in [3.05, 3.63) is 17.7 Å². The normalized spacial score (nSPS) is 15.4. The van der Waals surface area contributed by atoms with E-state index < -0.39 is 5.97 Å². The van der Waals surface area contributed by atoms with Crippen LogP contribution in [0.25, 0.3) is 0 Å². The molecule has 0 aliphatic heterocycles. The topological polar surface area (TPSA) is 83.3 Å². The number of rotatable bonds is 3. The van der Waals surface area contributed by atoms with Gasteiger partial charge in [0.05, 0.1) is 18.3 Å². The van der Waals surface area contributed by atoms with Crippen LogP contribution in [0.15, 0.2) is 6.20 Å². The summed E-state index contributed by atoms with van der Waals surface area (Å²) in [5.41, 5.74) is 0.203. The lowest BCUT2D eigenvalue weighted by atomic mass is 10.2. The third-order valence-electron chi connectivity index (χ3n) is 2.13. The predicted molar refractivity (Wildman–Crippen MR) is 47.0 cm³/mol. The van der Waals surface area contributed by atoms with Crippen LogP contribution < -0.4 is 0 Å². The fourth-order valence-electron chi connectivity index (χ4n) is 1.24. The SMILES string of the molecule is O=C(O)Cc1nc(C2CC2)ncc1O. The zero-order chi connectivity index (χ0) is 10.1. The number of aromatic hydroxyl groups is 1. The summed E-state index contributed by atoms with van der Waals surface area (Å²) in [6, 6.07) is 0. The van der Waals surface area contributed by atoms with Gasteiger partial charge in [-0.25, -0.2) is 9.97 Å². The first-order valence-corrected chi connectivity index (χ1v) is 4.43. The van der Waals surface area contributed by atoms with Crippen molar-refractivity contribution in [3.8, 4) is 5.75 Å². The van der Waals surface area contributed by atoms with Crippen molar-refractivity contribution in [2.24, 2.45) is 0 Å². The summed E-state index contributed by atoms with van der Waals surface area (Å²) >= 11 is 0. The minimum Gasteiger partial charge on any atom is -0.504 e. The maximum Gasteiger partial charge on any atom is 0.309 e. The quantitative estimate of drug-likeness (QED) is 0.739. The highest BCUT2D eigenvalue weighted by Crippen LogP contribution is 2.38. The molecular weight excluding hydrogens is 184 g/mol. The highest BCUT2D eigenvalue weighted by Gasteiger charge is 2.27. The molecule has 2 rings (SSSR count). The lowest BCUT2D eigenvalue weighted by Gasteiger charge is -2.02. The Morgan fingerprint density at radius 3 is 2.86 bits per heavy atom. The average Bonchev–Trinajstić information content (AvgIpc) is 2.91. The Bertz CT molecular complexity index is 374. The van der Waals surface area contributed by atoms with Crippen LogP contribution in [0, 0.1) is 0 Å². The van der Waals surface area contributed by atoms with E-state index in [0.717, 1.165) is 12.8 Å². The molecule has 1 aromatic rings. The molecule has 0 radical (unpaired) electrons. The van der Waals surface area contributed by atoms with Crippen LogP contribution >= 0.6 is 0 Å². The Kier molecular flexibility index (Phi) is 2.07. The van der Waals surface area contributed by atoms with Crippen LogP contribution in [0.4, 0.5) is 0 Å². The van der Waals surface area contributed by atoms with E-state index in [4.69, 9.17) is 5.11 Å². The Morgan fingerprint density at radius 2 is 2.29 bits per heavy atom. The number of nitrogens with zero attached hydrogens (tertiary/aromatic N) is 2. The third kappa shape index (κ3) is 1.81. The molecule has 0 bridgehead atoms. The van der Waals surface area contributed by atoms with Crippen LogP contribution in [0.1, 0.15) is 30.3 Å². The van der Waals surface area contributed by atoms with E-state index >= 15 is 0 Å². The molecule has 0 atom stereocenters. The van der Waals surface area contributed by atoms with Gasteiger partial charge in [-0.2, -0.15) is 0 Å². The van der Waals surface area contributed by atoms with Gasteiger partial charge in [0.15, 0.2) is 5.75 Å². The second-order valence-corrected chi connectivity index (χ2v) is 3.40. The number of carbonyl (C=O) groups is 1. The van der Waals surface area contributed by atoms with Gasteiger partial charge in [-0.15, -0.1) is 0 Å². The van der Waals surface area contributed by atoms with Crippen molar-refractivity contribution in [2.75, 3.05) is 0 Å². The molecule has 1 fully saturated rings. The van der Waals surface area contributed by atoms with Gasteiger partial charge in [0, 0.05) is 5.92 Å². The first-order valence-electron chi connectivity index (χ1n) is 4.43. The Morgan fingerprint density at radius 1 is 1.57 bits per heavy atom. The smallest absolute Gasteiger partial charge is 0.309 e. The van der Waals surface area contributed by atoms with E-state index in [-0.39, 0.29) is 17.9 Å². The number of aromatic nitrogens is 2. The van der Waals surface area contributed by atoms with E-state index in [0.29, 0.717) is 11.7 Å². The van der Waals surface area contributed by atoms with Gasteiger partial charge < -0.3 is 10.2 Å². The van der Waals surface area contributed by atoms with Gasteiger partial charge >= 0.3 is 5.97 Å². The van der Waals surface area contributed by atoms with Crippen molar-refractivity contribution in [2.45, 2.75) is 25.2 Å².